The average Bonchev–Trinajstić information content (AvgIpc) is 2.60. The van der Waals surface area contributed by atoms with Crippen LogP contribution in [0.4, 0.5) is 0 Å². The van der Waals surface area contributed by atoms with Crippen molar-refractivity contribution in [3.63, 3.8) is 0 Å². The number of ether oxygens (including phenoxy) is 1. The van der Waals surface area contributed by atoms with Gasteiger partial charge in [-0.05, 0) is 49.7 Å². The summed E-state index contributed by atoms with van der Waals surface area (Å²) in [4.78, 5) is 12.4. The minimum atomic E-state index is -3.88. The lowest BCUT2D eigenvalue weighted by Crippen LogP contribution is -2.35. The molecule has 8 nitrogen and oxygen atoms in total. The third-order valence-electron chi connectivity index (χ3n) is 4.21. The highest BCUT2D eigenvalue weighted by atomic mass is 32.2. The highest BCUT2D eigenvalue weighted by molar-refractivity contribution is 7.90. The van der Waals surface area contributed by atoms with Gasteiger partial charge in [-0.25, -0.2) is 13.1 Å². The van der Waals surface area contributed by atoms with E-state index < -0.39 is 23.0 Å². The van der Waals surface area contributed by atoms with Gasteiger partial charge in [0.25, 0.3) is 5.91 Å². The topological polar surface area (TPSA) is 133 Å². The fourth-order valence-electron chi connectivity index (χ4n) is 2.85. The molecular weight excluding hydrogens is 361 g/mol. The van der Waals surface area contributed by atoms with Crippen LogP contribution in [0.3, 0.4) is 0 Å². The maximum atomic E-state index is 12.4. The Hall–Kier alpha value is -1.62. The largest absolute Gasteiger partial charge is 0.490 e. The van der Waals surface area contributed by atoms with Crippen LogP contribution >= 0.6 is 0 Å². The summed E-state index contributed by atoms with van der Waals surface area (Å²) in [5, 5.41) is 27.4. The number of sulfonamides is 1. The zero-order valence-corrected chi connectivity index (χ0v) is 15.2. The van der Waals surface area contributed by atoms with Crippen LogP contribution < -0.4 is 14.9 Å². The number of aliphatic hydroxyl groups is 1. The van der Waals surface area contributed by atoms with E-state index >= 15 is 0 Å². The molecule has 0 saturated heterocycles. The van der Waals surface area contributed by atoms with E-state index in [0.29, 0.717) is 0 Å². The third kappa shape index (κ3) is 5.98. The van der Waals surface area contributed by atoms with Gasteiger partial charge >= 0.3 is 7.12 Å². The number of carbonyl (C=O) groups is 1. The molecule has 1 aromatic carbocycles. The Balaban J connectivity index is 2.23. The first-order valence-electron chi connectivity index (χ1n) is 8.65. The fourth-order valence-corrected chi connectivity index (χ4v) is 3.85. The van der Waals surface area contributed by atoms with Crippen LogP contribution in [0.15, 0.2) is 18.2 Å². The van der Waals surface area contributed by atoms with Crippen molar-refractivity contribution in [2.45, 2.75) is 44.6 Å². The zero-order valence-electron chi connectivity index (χ0n) is 14.4. The lowest BCUT2D eigenvalue weighted by molar-refractivity contribution is 0.0969. The van der Waals surface area contributed by atoms with Crippen molar-refractivity contribution >= 4 is 28.5 Å². The normalized spacial score (nSPS) is 15.5. The Morgan fingerprint density at radius 1 is 1.23 bits per heavy atom. The van der Waals surface area contributed by atoms with E-state index in [1.54, 1.807) is 0 Å². The number of rotatable bonds is 8. The number of carbonyl (C=O) groups excluding carboxylic acids is 1. The molecule has 4 N–H and O–H groups in total. The van der Waals surface area contributed by atoms with Gasteiger partial charge in [0.2, 0.25) is 10.0 Å². The summed E-state index contributed by atoms with van der Waals surface area (Å²) in [6, 6.07) is 3.98. The smallest absolute Gasteiger partial charge is 0.488 e. The molecule has 0 bridgehead atoms. The second-order valence-corrected chi connectivity index (χ2v) is 8.18. The molecule has 1 fully saturated rings. The molecule has 0 unspecified atom stereocenters. The van der Waals surface area contributed by atoms with Gasteiger partial charge in [-0.2, -0.15) is 0 Å². The summed E-state index contributed by atoms with van der Waals surface area (Å²) in [7, 11) is -5.61. The van der Waals surface area contributed by atoms with E-state index in [0.717, 1.165) is 32.1 Å². The number of amides is 1. The van der Waals surface area contributed by atoms with Gasteiger partial charge in [0.1, 0.15) is 5.75 Å². The van der Waals surface area contributed by atoms with Crippen molar-refractivity contribution in [3.05, 3.63) is 23.8 Å². The van der Waals surface area contributed by atoms with E-state index in [1.165, 1.54) is 18.2 Å². The van der Waals surface area contributed by atoms with Crippen molar-refractivity contribution < 1.29 is 33.1 Å². The number of nitrogens with one attached hydrogen (secondary N) is 1. The predicted octanol–water partition coefficient (Wildman–Crippen LogP) is -0.480. The van der Waals surface area contributed by atoms with E-state index in [4.69, 9.17) is 9.84 Å². The molecule has 0 radical (unpaired) electrons. The van der Waals surface area contributed by atoms with Crippen LogP contribution in [0.2, 0.25) is 0 Å². The van der Waals surface area contributed by atoms with Crippen molar-refractivity contribution in [3.8, 4) is 5.75 Å². The fraction of sp³-hybridized carbons (Fsp3) is 0.562. The Labute approximate surface area is 153 Å². The summed E-state index contributed by atoms with van der Waals surface area (Å²) in [6.45, 7) is -0.297. The van der Waals surface area contributed by atoms with Crippen LogP contribution in [0, 0.1) is 0 Å². The Morgan fingerprint density at radius 3 is 2.54 bits per heavy atom. The molecule has 1 aliphatic rings. The van der Waals surface area contributed by atoms with Crippen molar-refractivity contribution in [1.82, 2.24) is 4.72 Å². The Bertz CT molecular complexity index is 717. The molecular formula is C16H24BNO7S. The Morgan fingerprint density at radius 2 is 1.92 bits per heavy atom. The number of hydrogen-bond donors (Lipinski definition) is 4. The van der Waals surface area contributed by atoms with Gasteiger partial charge in [0.05, 0.1) is 17.4 Å². The molecule has 0 aliphatic heterocycles. The standard InChI is InChI=1S/C16H24BNO7S/c19-9-4-10-26(23,24)18-16(20)14-8-7-12(17(21)22)11-15(14)25-13-5-2-1-3-6-13/h7-8,11,13,19,21-22H,1-6,9-10H2,(H,18,20). The van der Waals surface area contributed by atoms with Crippen LogP contribution in [-0.2, 0) is 10.0 Å². The van der Waals surface area contributed by atoms with Gasteiger partial charge in [0.15, 0.2) is 0 Å². The molecule has 1 aliphatic carbocycles. The molecule has 26 heavy (non-hydrogen) atoms. The monoisotopic (exact) mass is 385 g/mol. The minimum absolute atomic E-state index is 0.00699. The molecule has 1 aromatic rings. The number of hydrogen-bond acceptors (Lipinski definition) is 7. The van der Waals surface area contributed by atoms with Gasteiger partial charge < -0.3 is 19.9 Å². The van der Waals surface area contributed by atoms with Gasteiger partial charge in [-0.15, -0.1) is 0 Å². The molecule has 0 spiro atoms. The van der Waals surface area contributed by atoms with E-state index in [9.17, 15) is 23.3 Å². The lowest BCUT2D eigenvalue weighted by atomic mass is 9.80. The van der Waals surface area contributed by atoms with Crippen molar-refractivity contribution in [2.75, 3.05) is 12.4 Å². The van der Waals surface area contributed by atoms with E-state index in [1.807, 2.05) is 4.72 Å². The van der Waals surface area contributed by atoms with E-state index in [2.05, 4.69) is 0 Å². The molecule has 0 heterocycles. The summed E-state index contributed by atoms with van der Waals surface area (Å²) in [5.41, 5.74) is 0.156. The maximum absolute atomic E-state index is 12.4. The van der Waals surface area contributed by atoms with Gasteiger partial charge in [-0.3, -0.25) is 4.79 Å². The summed E-state index contributed by atoms with van der Waals surface area (Å²) < 4.78 is 31.6. The maximum Gasteiger partial charge on any atom is 0.488 e. The molecule has 2 rings (SSSR count). The highest BCUT2D eigenvalue weighted by Crippen LogP contribution is 2.25. The minimum Gasteiger partial charge on any atom is -0.490 e. The number of benzene rings is 1. The van der Waals surface area contributed by atoms with Gasteiger partial charge in [-0.1, -0.05) is 12.5 Å². The molecule has 144 valence electrons. The number of aliphatic hydroxyl groups excluding tert-OH is 1. The molecule has 0 atom stereocenters. The summed E-state index contributed by atoms with van der Waals surface area (Å²) >= 11 is 0. The van der Waals surface area contributed by atoms with Crippen LogP contribution in [-0.4, -0.2) is 55.1 Å². The molecule has 1 saturated carbocycles. The highest BCUT2D eigenvalue weighted by Gasteiger charge is 2.24. The second kappa shape index (κ2) is 9.36. The van der Waals surface area contributed by atoms with Crippen molar-refractivity contribution in [1.29, 1.82) is 0 Å². The lowest BCUT2D eigenvalue weighted by Gasteiger charge is -2.24. The molecule has 1 amide bonds. The summed E-state index contributed by atoms with van der Waals surface area (Å²) in [6.07, 6.45) is 4.68. The second-order valence-electron chi connectivity index (χ2n) is 6.33. The quantitative estimate of drug-likeness (QED) is 0.444. The van der Waals surface area contributed by atoms with Gasteiger partial charge in [0, 0.05) is 6.61 Å². The van der Waals surface area contributed by atoms with Crippen molar-refractivity contribution in [2.24, 2.45) is 0 Å². The SMILES string of the molecule is O=C(NS(=O)(=O)CCCO)c1ccc(B(O)O)cc1OC1CCCCC1. The Kier molecular flexibility index (Phi) is 7.45. The first kappa shape index (κ1) is 20.7. The average molecular weight is 385 g/mol. The molecule has 10 heteroatoms. The van der Waals surface area contributed by atoms with E-state index in [-0.39, 0.29) is 41.7 Å². The predicted molar refractivity (Wildman–Crippen MR) is 96.7 cm³/mol. The van der Waals surface area contributed by atoms with Crippen LogP contribution in [0.1, 0.15) is 48.9 Å². The summed E-state index contributed by atoms with van der Waals surface area (Å²) in [5.74, 6) is -1.10. The third-order valence-corrected chi connectivity index (χ3v) is 5.54. The van der Waals surface area contributed by atoms with Crippen LogP contribution in [0.5, 0.6) is 5.75 Å². The first-order chi connectivity index (χ1) is 12.3. The van der Waals surface area contributed by atoms with Crippen LogP contribution in [0.25, 0.3) is 0 Å². The molecule has 0 aromatic heterocycles. The first-order valence-corrected chi connectivity index (χ1v) is 10.3. The zero-order chi connectivity index (χ0) is 19.2.